The number of aromatic nitrogens is 1. The van der Waals surface area contributed by atoms with Gasteiger partial charge in [-0.05, 0) is 59.2 Å². The summed E-state index contributed by atoms with van der Waals surface area (Å²) in [6.45, 7) is 0. The molecule has 0 spiro atoms. The third-order valence-corrected chi connectivity index (χ3v) is 6.37. The molecule has 0 radical (unpaired) electrons. The first-order valence-electron chi connectivity index (χ1n) is 13.5. The van der Waals surface area contributed by atoms with Gasteiger partial charge in [0.1, 0.15) is 0 Å². The second kappa shape index (κ2) is 14.3. The Bertz CT molecular complexity index is 1560. The van der Waals surface area contributed by atoms with Crippen LogP contribution in [-0.2, 0) is 0 Å². The van der Waals surface area contributed by atoms with E-state index in [0.717, 1.165) is 22.2 Å². The highest BCUT2D eigenvalue weighted by Crippen LogP contribution is 2.21. The topological polar surface area (TPSA) is 19.4 Å². The average molecular weight is 524 g/mol. The van der Waals surface area contributed by atoms with Gasteiger partial charge < -0.3 is 9.80 Å². The van der Waals surface area contributed by atoms with Crippen molar-refractivity contribution in [3.8, 4) is 0 Å². The van der Waals surface area contributed by atoms with Crippen LogP contribution in [0, 0.1) is 0 Å². The highest BCUT2D eigenvalue weighted by atomic mass is 15.1. The molecule has 4 aromatic rings. The summed E-state index contributed by atoms with van der Waals surface area (Å²) < 4.78 is 0. The first-order chi connectivity index (χ1) is 19.5. The van der Waals surface area contributed by atoms with Crippen molar-refractivity contribution in [3.63, 3.8) is 0 Å². The fraction of sp³-hybridized carbons (Fsp3) is 0.108. The molecule has 3 nitrogen and oxygen atoms in total. The molecule has 0 unspecified atom stereocenters. The van der Waals surface area contributed by atoms with Crippen LogP contribution >= 0.6 is 0 Å². The molecule has 0 aliphatic heterocycles. The summed E-state index contributed by atoms with van der Waals surface area (Å²) in [6, 6.07) is 27.4. The first-order valence-corrected chi connectivity index (χ1v) is 13.5. The number of hydrogen-bond acceptors (Lipinski definition) is 3. The lowest BCUT2D eigenvalue weighted by atomic mass is 10.1. The number of fused-ring (bicyclic) bond motifs is 1. The molecule has 0 fully saturated rings. The van der Waals surface area contributed by atoms with Gasteiger partial charge in [0.25, 0.3) is 0 Å². The molecule has 0 aliphatic carbocycles. The molecule has 3 heteroatoms. The van der Waals surface area contributed by atoms with E-state index in [2.05, 4.69) is 145 Å². The van der Waals surface area contributed by atoms with Gasteiger partial charge in [0.2, 0.25) is 0 Å². The molecule has 200 valence electrons. The van der Waals surface area contributed by atoms with Crippen LogP contribution in [-0.4, -0.2) is 33.2 Å². The average Bonchev–Trinajstić information content (AvgIpc) is 2.97. The molecule has 0 saturated heterocycles. The molecule has 1 heterocycles. The Balaban J connectivity index is 1.39. The summed E-state index contributed by atoms with van der Waals surface area (Å²) in [5.74, 6) is 0. The molecule has 3 aromatic carbocycles. The van der Waals surface area contributed by atoms with E-state index in [9.17, 15) is 0 Å². The van der Waals surface area contributed by atoms with Crippen LogP contribution in [0.1, 0.15) is 22.4 Å². The number of pyridine rings is 1. The van der Waals surface area contributed by atoms with Crippen molar-refractivity contribution in [2.45, 2.75) is 0 Å². The summed E-state index contributed by atoms with van der Waals surface area (Å²) in [7, 11) is 8.20. The van der Waals surface area contributed by atoms with Gasteiger partial charge >= 0.3 is 0 Å². The van der Waals surface area contributed by atoms with Crippen molar-refractivity contribution in [1.82, 2.24) is 4.98 Å². The van der Waals surface area contributed by atoms with Gasteiger partial charge in [-0.25, -0.2) is 4.98 Å². The summed E-state index contributed by atoms with van der Waals surface area (Å²) >= 11 is 0. The Morgan fingerprint density at radius 1 is 0.500 bits per heavy atom. The second-order valence-corrected chi connectivity index (χ2v) is 9.83. The quantitative estimate of drug-likeness (QED) is 0.193. The van der Waals surface area contributed by atoms with Gasteiger partial charge in [0, 0.05) is 45.0 Å². The highest BCUT2D eigenvalue weighted by molar-refractivity contribution is 5.89. The lowest BCUT2D eigenvalue weighted by Crippen LogP contribution is -2.07. The zero-order valence-electron chi connectivity index (χ0n) is 23.8. The van der Waals surface area contributed by atoms with Gasteiger partial charge in [0.15, 0.2) is 0 Å². The van der Waals surface area contributed by atoms with Gasteiger partial charge in [-0.15, -0.1) is 0 Å². The third kappa shape index (κ3) is 8.31. The Morgan fingerprint density at radius 3 is 1.50 bits per heavy atom. The lowest BCUT2D eigenvalue weighted by molar-refractivity contribution is 1.13. The fourth-order valence-corrected chi connectivity index (χ4v) is 4.12. The minimum Gasteiger partial charge on any atom is -0.378 e. The van der Waals surface area contributed by atoms with Gasteiger partial charge in [-0.2, -0.15) is 0 Å². The van der Waals surface area contributed by atoms with Crippen molar-refractivity contribution in [1.29, 1.82) is 0 Å². The monoisotopic (exact) mass is 523 g/mol. The Morgan fingerprint density at radius 2 is 0.975 bits per heavy atom. The van der Waals surface area contributed by atoms with Gasteiger partial charge in [-0.3, -0.25) is 0 Å². The van der Waals surface area contributed by atoms with Crippen molar-refractivity contribution in [2.75, 3.05) is 38.0 Å². The number of hydrogen-bond donors (Lipinski definition) is 0. The third-order valence-electron chi connectivity index (χ3n) is 6.37. The number of para-hydroxylation sites is 1. The van der Waals surface area contributed by atoms with E-state index in [1.807, 2.05) is 44.5 Å². The van der Waals surface area contributed by atoms with Crippen LogP contribution in [0.5, 0.6) is 0 Å². The number of rotatable bonds is 10. The largest absolute Gasteiger partial charge is 0.378 e. The fourth-order valence-electron chi connectivity index (χ4n) is 4.12. The Labute approximate surface area is 239 Å². The summed E-state index contributed by atoms with van der Waals surface area (Å²) in [6.07, 6.45) is 24.8. The van der Waals surface area contributed by atoms with Gasteiger partial charge in [-0.1, -0.05) is 109 Å². The van der Waals surface area contributed by atoms with Crippen LogP contribution in [0.25, 0.3) is 35.2 Å². The second-order valence-electron chi connectivity index (χ2n) is 9.83. The van der Waals surface area contributed by atoms with E-state index < -0.39 is 0 Å². The number of benzene rings is 3. The van der Waals surface area contributed by atoms with E-state index in [0.29, 0.717) is 0 Å². The summed E-state index contributed by atoms with van der Waals surface area (Å²) in [5.41, 5.74) is 7.81. The van der Waals surface area contributed by atoms with E-state index in [4.69, 9.17) is 4.98 Å². The maximum absolute atomic E-state index is 4.82. The van der Waals surface area contributed by atoms with E-state index in [1.165, 1.54) is 22.5 Å². The molecule has 0 bridgehead atoms. The molecule has 1 aromatic heterocycles. The molecular weight excluding hydrogens is 486 g/mol. The molecule has 0 atom stereocenters. The highest BCUT2D eigenvalue weighted by Gasteiger charge is 2.01. The maximum Gasteiger partial charge on any atom is 0.0715 e. The summed E-state index contributed by atoms with van der Waals surface area (Å²) in [4.78, 5) is 9.02. The zero-order chi connectivity index (χ0) is 28.2. The lowest BCUT2D eigenvalue weighted by Gasteiger charge is -2.11. The first kappa shape index (κ1) is 28.1. The van der Waals surface area contributed by atoms with Crippen LogP contribution < -0.4 is 9.80 Å². The van der Waals surface area contributed by atoms with Crippen LogP contribution in [0.15, 0.2) is 127 Å². The van der Waals surface area contributed by atoms with Gasteiger partial charge in [0.05, 0.1) is 11.2 Å². The molecule has 0 N–H and O–H groups in total. The van der Waals surface area contributed by atoms with Crippen LogP contribution in [0.4, 0.5) is 11.4 Å². The van der Waals surface area contributed by atoms with Crippen molar-refractivity contribution < 1.29 is 0 Å². The molecule has 0 amide bonds. The standard InChI is InChI=1S/C37H37N3/c1-39(2)34-25-21-30(22-26-34)15-9-5-7-11-17-32-29-33(38-37-20-14-13-19-36(32)37)18-12-8-6-10-16-31-23-27-35(28-24-31)40(3)4/h5-29H,1-4H3/b7-5+,8-6+,15-9+,16-10+,17-11+,18-12+. The predicted octanol–water partition coefficient (Wildman–Crippen LogP) is 8.93. The smallest absolute Gasteiger partial charge is 0.0715 e. The molecule has 0 saturated carbocycles. The van der Waals surface area contributed by atoms with E-state index in [-0.39, 0.29) is 0 Å². The minimum atomic E-state index is 0.927. The minimum absolute atomic E-state index is 0.927. The number of nitrogens with zero attached hydrogens (tertiary/aromatic N) is 3. The molecule has 4 rings (SSSR count). The normalized spacial score (nSPS) is 12.4. The number of allylic oxidation sites excluding steroid dienone is 8. The van der Waals surface area contributed by atoms with Crippen LogP contribution in [0.2, 0.25) is 0 Å². The van der Waals surface area contributed by atoms with Crippen molar-refractivity contribution in [2.24, 2.45) is 0 Å². The number of anilines is 2. The van der Waals surface area contributed by atoms with Crippen LogP contribution in [0.3, 0.4) is 0 Å². The van der Waals surface area contributed by atoms with Crippen molar-refractivity contribution in [3.05, 3.63) is 150 Å². The zero-order valence-corrected chi connectivity index (χ0v) is 23.8. The molecule has 40 heavy (non-hydrogen) atoms. The van der Waals surface area contributed by atoms with E-state index in [1.54, 1.807) is 0 Å². The predicted molar refractivity (Wildman–Crippen MR) is 178 cm³/mol. The van der Waals surface area contributed by atoms with Crippen molar-refractivity contribution >= 4 is 46.6 Å². The SMILES string of the molecule is CN(C)c1ccc(/C=C/C=C/C=C/c2cc(/C=C/C=C/C=C/c3ccc(N(C)C)cc3)c3ccccc3n2)cc1. The van der Waals surface area contributed by atoms with E-state index >= 15 is 0 Å². The molecular formula is C37H37N3. The molecule has 0 aliphatic rings. The summed E-state index contributed by atoms with van der Waals surface area (Å²) in [5, 5.41) is 1.14. The Hall–Kier alpha value is -4.89. The Kier molecular flexibility index (Phi) is 10.1. The maximum atomic E-state index is 4.82.